The lowest BCUT2D eigenvalue weighted by atomic mass is 10.1. The second kappa shape index (κ2) is 7.73. The first-order chi connectivity index (χ1) is 14.1. The third kappa shape index (κ3) is 3.68. The molecule has 0 unspecified atom stereocenters. The quantitative estimate of drug-likeness (QED) is 0.423. The molecule has 2 aromatic heterocycles. The minimum atomic E-state index is -0.133. The Labute approximate surface area is 171 Å². The van der Waals surface area contributed by atoms with E-state index in [1.165, 1.54) is 18.0 Å². The second-order valence-electron chi connectivity index (χ2n) is 6.39. The van der Waals surface area contributed by atoms with Crippen LogP contribution in [0, 0.1) is 11.3 Å². The number of H-pyrrole nitrogens is 1. The number of thioether (sulfide) groups is 1. The molecule has 0 radical (unpaired) electrons. The molecule has 29 heavy (non-hydrogen) atoms. The van der Waals surface area contributed by atoms with Crippen LogP contribution in [0.25, 0.3) is 16.9 Å². The molecule has 4 rings (SSSR count). The van der Waals surface area contributed by atoms with Gasteiger partial charge in [-0.25, -0.2) is 0 Å². The van der Waals surface area contributed by atoms with Crippen molar-refractivity contribution in [1.82, 2.24) is 14.6 Å². The molecule has 0 aliphatic heterocycles. The number of aromatic nitrogens is 3. The number of benzene rings is 2. The van der Waals surface area contributed by atoms with Gasteiger partial charge in [0.25, 0.3) is 0 Å². The maximum Gasteiger partial charge on any atom is 0.221 e. The van der Waals surface area contributed by atoms with Gasteiger partial charge in [0.1, 0.15) is 11.6 Å². The summed E-state index contributed by atoms with van der Waals surface area (Å²) in [5.74, 6) is 0.574. The smallest absolute Gasteiger partial charge is 0.221 e. The first-order valence-electron chi connectivity index (χ1n) is 8.88. The maximum atomic E-state index is 11.4. The number of fused-ring (bicyclic) bond motifs is 1. The molecule has 7 nitrogen and oxygen atoms in total. The molecule has 4 aromatic rings. The van der Waals surface area contributed by atoms with E-state index >= 15 is 0 Å². The SMILES string of the molecule is CSc1ccc(-c2[nH]c3c(C#N)cnn3c2Nc2cccc(NC(C)=O)c2)cc1. The fraction of sp³-hybridized carbons (Fsp3) is 0.0952. The van der Waals surface area contributed by atoms with E-state index in [4.69, 9.17) is 0 Å². The fourth-order valence-corrected chi connectivity index (χ4v) is 3.51. The average molecular weight is 402 g/mol. The Morgan fingerprint density at radius 1 is 1.21 bits per heavy atom. The lowest BCUT2D eigenvalue weighted by Gasteiger charge is -2.10. The van der Waals surface area contributed by atoms with E-state index in [1.807, 2.05) is 42.7 Å². The van der Waals surface area contributed by atoms with Gasteiger partial charge in [-0.3, -0.25) is 4.79 Å². The van der Waals surface area contributed by atoms with Crippen molar-refractivity contribution in [3.8, 4) is 17.3 Å². The molecule has 0 aliphatic rings. The van der Waals surface area contributed by atoms with Crippen LogP contribution in [0.1, 0.15) is 12.5 Å². The number of imidazole rings is 1. The number of amides is 1. The lowest BCUT2D eigenvalue weighted by Crippen LogP contribution is -2.06. The summed E-state index contributed by atoms with van der Waals surface area (Å²) in [4.78, 5) is 15.9. The van der Waals surface area contributed by atoms with Gasteiger partial charge in [-0.2, -0.15) is 14.9 Å². The van der Waals surface area contributed by atoms with Crippen LogP contribution in [-0.4, -0.2) is 26.8 Å². The maximum absolute atomic E-state index is 11.4. The molecule has 8 heteroatoms. The minimum absolute atomic E-state index is 0.133. The highest BCUT2D eigenvalue weighted by atomic mass is 32.2. The second-order valence-corrected chi connectivity index (χ2v) is 7.27. The van der Waals surface area contributed by atoms with Crippen molar-refractivity contribution in [3.05, 3.63) is 60.3 Å². The number of rotatable bonds is 5. The Hall–Kier alpha value is -3.70. The monoisotopic (exact) mass is 402 g/mol. The van der Waals surface area contributed by atoms with E-state index < -0.39 is 0 Å². The Kier molecular flexibility index (Phi) is 4.97. The molecule has 0 aliphatic carbocycles. The number of nitrogens with one attached hydrogen (secondary N) is 3. The molecule has 0 fully saturated rings. The Morgan fingerprint density at radius 3 is 2.66 bits per heavy atom. The fourth-order valence-electron chi connectivity index (χ4n) is 3.10. The highest BCUT2D eigenvalue weighted by molar-refractivity contribution is 7.98. The molecule has 144 valence electrons. The number of carbonyl (C=O) groups excluding carboxylic acids is 1. The van der Waals surface area contributed by atoms with E-state index in [0.717, 1.165) is 16.9 Å². The number of hydrogen-bond donors (Lipinski definition) is 3. The van der Waals surface area contributed by atoms with Gasteiger partial charge >= 0.3 is 0 Å². The van der Waals surface area contributed by atoms with Crippen molar-refractivity contribution in [2.24, 2.45) is 0 Å². The standard InChI is InChI=1S/C21H18N6OS/c1-13(28)24-16-4-3-5-17(10-16)25-21-19(14-6-8-18(29-2)9-7-14)26-20-15(11-22)12-23-27(20)21/h3-10,12,25-26H,1-2H3,(H,24,28). The minimum Gasteiger partial charge on any atom is -0.338 e. The van der Waals surface area contributed by atoms with Crippen molar-refractivity contribution in [3.63, 3.8) is 0 Å². The first-order valence-corrected chi connectivity index (χ1v) is 10.1. The normalized spacial score (nSPS) is 10.7. The Balaban J connectivity index is 1.80. The molecule has 0 saturated heterocycles. The summed E-state index contributed by atoms with van der Waals surface area (Å²) in [5.41, 5.74) is 4.36. The number of nitrogens with zero attached hydrogens (tertiary/aromatic N) is 3. The van der Waals surface area contributed by atoms with Gasteiger partial charge in [0.05, 0.1) is 11.9 Å². The van der Waals surface area contributed by atoms with Crippen molar-refractivity contribution in [2.45, 2.75) is 11.8 Å². The van der Waals surface area contributed by atoms with Crippen LogP contribution in [0.15, 0.2) is 59.6 Å². The highest BCUT2D eigenvalue weighted by Gasteiger charge is 2.17. The molecule has 0 spiro atoms. The van der Waals surface area contributed by atoms with Gasteiger partial charge in [0.15, 0.2) is 11.5 Å². The summed E-state index contributed by atoms with van der Waals surface area (Å²) in [7, 11) is 0. The molecule has 2 heterocycles. The zero-order chi connectivity index (χ0) is 20.4. The van der Waals surface area contributed by atoms with Gasteiger partial charge in [-0.05, 0) is 36.6 Å². The van der Waals surface area contributed by atoms with Crippen molar-refractivity contribution >= 4 is 40.5 Å². The third-order valence-corrected chi connectivity index (χ3v) is 5.15. The van der Waals surface area contributed by atoms with Crippen LogP contribution in [0.4, 0.5) is 17.2 Å². The molecule has 2 aromatic carbocycles. The molecule has 0 bridgehead atoms. The number of carbonyl (C=O) groups is 1. The Morgan fingerprint density at radius 2 is 1.97 bits per heavy atom. The largest absolute Gasteiger partial charge is 0.338 e. The number of anilines is 3. The molecular formula is C21H18N6OS. The summed E-state index contributed by atoms with van der Waals surface area (Å²) in [6.45, 7) is 1.47. The van der Waals surface area contributed by atoms with Crippen LogP contribution in [0.2, 0.25) is 0 Å². The van der Waals surface area contributed by atoms with Crippen molar-refractivity contribution in [2.75, 3.05) is 16.9 Å². The van der Waals surface area contributed by atoms with Gasteiger partial charge in [-0.1, -0.05) is 18.2 Å². The molecule has 0 saturated carbocycles. The molecular weight excluding hydrogens is 384 g/mol. The van der Waals surface area contributed by atoms with Crippen LogP contribution in [0.5, 0.6) is 0 Å². The molecule has 1 amide bonds. The van der Waals surface area contributed by atoms with E-state index in [9.17, 15) is 10.1 Å². The topological polar surface area (TPSA) is 98.0 Å². The number of hydrogen-bond acceptors (Lipinski definition) is 5. The third-order valence-electron chi connectivity index (χ3n) is 4.41. The number of nitriles is 1. The van der Waals surface area contributed by atoms with E-state index in [2.05, 4.69) is 38.9 Å². The summed E-state index contributed by atoms with van der Waals surface area (Å²) < 4.78 is 1.68. The Bertz CT molecular complexity index is 1230. The van der Waals surface area contributed by atoms with Crippen LogP contribution in [0.3, 0.4) is 0 Å². The van der Waals surface area contributed by atoms with Crippen LogP contribution >= 0.6 is 11.8 Å². The number of aromatic amines is 1. The van der Waals surface area contributed by atoms with Crippen molar-refractivity contribution < 1.29 is 4.79 Å². The predicted octanol–water partition coefficient (Wildman–Crippen LogP) is 4.62. The van der Waals surface area contributed by atoms with Gasteiger partial charge in [-0.15, -0.1) is 11.8 Å². The zero-order valence-corrected chi connectivity index (χ0v) is 16.7. The predicted molar refractivity (Wildman–Crippen MR) is 116 cm³/mol. The summed E-state index contributed by atoms with van der Waals surface area (Å²) >= 11 is 1.68. The lowest BCUT2D eigenvalue weighted by molar-refractivity contribution is -0.114. The average Bonchev–Trinajstić information content (AvgIpc) is 3.28. The highest BCUT2D eigenvalue weighted by Crippen LogP contribution is 2.33. The van der Waals surface area contributed by atoms with Crippen molar-refractivity contribution in [1.29, 1.82) is 5.26 Å². The summed E-state index contributed by atoms with van der Waals surface area (Å²) in [6.07, 6.45) is 3.57. The first kappa shape index (κ1) is 18.7. The van der Waals surface area contributed by atoms with E-state index in [0.29, 0.717) is 22.7 Å². The van der Waals surface area contributed by atoms with Gasteiger partial charge < -0.3 is 15.6 Å². The van der Waals surface area contributed by atoms with Gasteiger partial charge in [0, 0.05) is 28.8 Å². The van der Waals surface area contributed by atoms with Gasteiger partial charge in [0.2, 0.25) is 5.91 Å². The zero-order valence-electron chi connectivity index (χ0n) is 15.9. The molecule has 3 N–H and O–H groups in total. The van der Waals surface area contributed by atoms with E-state index in [1.54, 1.807) is 16.3 Å². The van der Waals surface area contributed by atoms with Crippen LogP contribution in [-0.2, 0) is 4.79 Å². The molecule has 0 atom stereocenters. The van der Waals surface area contributed by atoms with Crippen LogP contribution < -0.4 is 10.6 Å². The summed E-state index contributed by atoms with van der Waals surface area (Å²) in [5, 5.41) is 19.9. The van der Waals surface area contributed by atoms with E-state index in [-0.39, 0.29) is 5.91 Å². The summed E-state index contributed by atoms with van der Waals surface area (Å²) in [6, 6.07) is 17.7.